The van der Waals surface area contributed by atoms with Crippen LogP contribution in [0.5, 0.6) is 11.6 Å². The van der Waals surface area contributed by atoms with E-state index in [1.807, 2.05) is 6.92 Å². The van der Waals surface area contributed by atoms with Crippen LogP contribution in [0.3, 0.4) is 0 Å². The van der Waals surface area contributed by atoms with Gasteiger partial charge in [0.15, 0.2) is 11.6 Å². The maximum atomic E-state index is 13.8. The number of amides is 1. The Labute approximate surface area is 158 Å². The summed E-state index contributed by atoms with van der Waals surface area (Å²) in [4.78, 5) is 16.9. The van der Waals surface area contributed by atoms with Crippen molar-refractivity contribution in [1.29, 1.82) is 0 Å². The molecule has 0 saturated carbocycles. The lowest BCUT2D eigenvalue weighted by atomic mass is 10.1. The molecule has 1 fully saturated rings. The average Bonchev–Trinajstić information content (AvgIpc) is 3.18. The highest BCUT2D eigenvalue weighted by Crippen LogP contribution is 2.21. The third-order valence-corrected chi connectivity index (χ3v) is 4.64. The smallest absolute Gasteiger partial charge is 0.257 e. The van der Waals surface area contributed by atoms with Crippen LogP contribution in [0.1, 0.15) is 27.9 Å². The van der Waals surface area contributed by atoms with Crippen molar-refractivity contribution in [2.24, 2.45) is 5.92 Å². The van der Waals surface area contributed by atoms with Crippen molar-refractivity contribution in [3.8, 4) is 11.6 Å². The molecule has 3 rings (SSSR count). The second kappa shape index (κ2) is 8.81. The number of nitrogens with zero attached hydrogens (tertiary/aromatic N) is 1. The van der Waals surface area contributed by atoms with E-state index in [0.29, 0.717) is 29.5 Å². The first-order chi connectivity index (χ1) is 13.1. The van der Waals surface area contributed by atoms with E-state index in [0.717, 1.165) is 25.1 Å². The van der Waals surface area contributed by atoms with E-state index in [4.69, 9.17) is 9.47 Å². The van der Waals surface area contributed by atoms with Crippen molar-refractivity contribution in [3.63, 3.8) is 0 Å². The Morgan fingerprint density at radius 2 is 2.26 bits per heavy atom. The molecule has 1 saturated heterocycles. The first kappa shape index (κ1) is 19.1. The minimum Gasteiger partial charge on any atom is -0.494 e. The lowest BCUT2D eigenvalue weighted by Crippen LogP contribution is -2.25. The number of ether oxygens (including phenoxy) is 2. The van der Waals surface area contributed by atoms with E-state index in [2.05, 4.69) is 15.6 Å². The number of hydrogen-bond acceptors (Lipinski definition) is 5. The van der Waals surface area contributed by atoms with Crippen LogP contribution in [-0.2, 0) is 6.54 Å². The van der Waals surface area contributed by atoms with Gasteiger partial charge in [-0.05, 0) is 49.2 Å². The number of benzene rings is 1. The predicted molar refractivity (Wildman–Crippen MR) is 99.6 cm³/mol. The maximum absolute atomic E-state index is 13.8. The fourth-order valence-corrected chi connectivity index (χ4v) is 3.06. The van der Waals surface area contributed by atoms with E-state index >= 15 is 0 Å². The zero-order chi connectivity index (χ0) is 19.2. The molecule has 2 aromatic rings. The summed E-state index contributed by atoms with van der Waals surface area (Å²) >= 11 is 0. The van der Waals surface area contributed by atoms with Gasteiger partial charge in [-0.25, -0.2) is 9.37 Å². The number of methoxy groups -OCH3 is 1. The molecule has 1 unspecified atom stereocenters. The molecule has 2 heterocycles. The Balaban J connectivity index is 1.67. The highest BCUT2D eigenvalue weighted by Gasteiger charge is 2.20. The fraction of sp³-hybridized carbons (Fsp3) is 0.400. The van der Waals surface area contributed by atoms with E-state index < -0.39 is 5.82 Å². The number of nitrogens with one attached hydrogen (secondary N) is 2. The Morgan fingerprint density at radius 1 is 1.41 bits per heavy atom. The van der Waals surface area contributed by atoms with Gasteiger partial charge in [-0.1, -0.05) is 6.07 Å². The Bertz CT molecular complexity index is 807. The summed E-state index contributed by atoms with van der Waals surface area (Å²) < 4.78 is 24.5. The molecule has 0 aliphatic carbocycles. The van der Waals surface area contributed by atoms with Crippen LogP contribution in [0.4, 0.5) is 4.39 Å². The summed E-state index contributed by atoms with van der Waals surface area (Å²) in [6, 6.07) is 6.37. The molecule has 27 heavy (non-hydrogen) atoms. The molecule has 1 atom stereocenters. The second-order valence-corrected chi connectivity index (χ2v) is 6.63. The van der Waals surface area contributed by atoms with Gasteiger partial charge in [0.1, 0.15) is 5.56 Å². The zero-order valence-corrected chi connectivity index (χ0v) is 15.5. The lowest BCUT2D eigenvalue weighted by Gasteiger charge is -2.15. The quantitative estimate of drug-likeness (QED) is 0.780. The predicted octanol–water partition coefficient (Wildman–Crippen LogP) is 2.46. The van der Waals surface area contributed by atoms with Crippen molar-refractivity contribution in [3.05, 3.63) is 53.0 Å². The first-order valence-corrected chi connectivity index (χ1v) is 8.98. The van der Waals surface area contributed by atoms with Crippen molar-refractivity contribution in [2.45, 2.75) is 19.9 Å². The third kappa shape index (κ3) is 4.74. The Kier molecular flexibility index (Phi) is 6.24. The second-order valence-electron chi connectivity index (χ2n) is 6.63. The summed E-state index contributed by atoms with van der Waals surface area (Å²) in [5.74, 6) is 0.170. The summed E-state index contributed by atoms with van der Waals surface area (Å²) in [5.41, 5.74) is 1.84. The number of hydrogen-bond donors (Lipinski definition) is 2. The van der Waals surface area contributed by atoms with Gasteiger partial charge in [-0.15, -0.1) is 0 Å². The van der Waals surface area contributed by atoms with E-state index in [-0.39, 0.29) is 18.2 Å². The molecular formula is C20H24FN3O3. The largest absolute Gasteiger partial charge is 0.494 e. The molecule has 6 nitrogen and oxygen atoms in total. The molecular weight excluding hydrogens is 349 g/mol. The summed E-state index contributed by atoms with van der Waals surface area (Å²) in [5, 5.41) is 6.10. The highest BCUT2D eigenvalue weighted by atomic mass is 19.1. The molecule has 2 N–H and O–H groups in total. The molecule has 1 amide bonds. The van der Waals surface area contributed by atoms with Crippen molar-refractivity contribution in [2.75, 3.05) is 26.8 Å². The number of aryl methyl sites for hydroxylation is 1. The molecule has 0 spiro atoms. The van der Waals surface area contributed by atoms with Crippen LogP contribution in [-0.4, -0.2) is 37.7 Å². The van der Waals surface area contributed by atoms with Gasteiger partial charge in [-0.3, -0.25) is 4.79 Å². The van der Waals surface area contributed by atoms with Crippen LogP contribution in [0.15, 0.2) is 30.5 Å². The topological polar surface area (TPSA) is 72.5 Å². The van der Waals surface area contributed by atoms with Crippen LogP contribution in [0, 0.1) is 18.7 Å². The number of carbonyl (C=O) groups excluding carboxylic acids is 1. The molecule has 144 valence electrons. The van der Waals surface area contributed by atoms with Crippen LogP contribution < -0.4 is 20.1 Å². The molecule has 7 heteroatoms. The standard InChI is InChI=1S/C20H24FN3O3/c1-13-5-8-23-20(27-12-15-6-7-22-10-15)18(13)19(25)24-11-14-3-4-17(26-2)16(21)9-14/h3-5,8-9,15,22H,6-7,10-12H2,1-2H3,(H,24,25). The molecule has 1 aromatic heterocycles. The Morgan fingerprint density at radius 3 is 2.96 bits per heavy atom. The number of pyridine rings is 1. The van der Waals surface area contributed by atoms with Gasteiger partial charge in [0.05, 0.1) is 13.7 Å². The van der Waals surface area contributed by atoms with Crippen molar-refractivity contribution in [1.82, 2.24) is 15.6 Å². The third-order valence-electron chi connectivity index (χ3n) is 4.64. The maximum Gasteiger partial charge on any atom is 0.257 e. The van der Waals surface area contributed by atoms with Gasteiger partial charge in [0, 0.05) is 25.2 Å². The number of rotatable bonds is 7. The van der Waals surface area contributed by atoms with Crippen LogP contribution in [0.25, 0.3) is 0 Å². The average molecular weight is 373 g/mol. The van der Waals surface area contributed by atoms with E-state index in [1.54, 1.807) is 18.3 Å². The van der Waals surface area contributed by atoms with Crippen molar-refractivity contribution >= 4 is 5.91 Å². The number of carbonyl (C=O) groups is 1. The number of aromatic nitrogens is 1. The summed E-state index contributed by atoms with van der Waals surface area (Å²) in [7, 11) is 1.41. The minimum atomic E-state index is -0.462. The van der Waals surface area contributed by atoms with E-state index in [1.165, 1.54) is 19.2 Å². The lowest BCUT2D eigenvalue weighted by molar-refractivity contribution is 0.0944. The molecule has 1 aliphatic rings. The Hall–Kier alpha value is -2.67. The van der Waals surface area contributed by atoms with Gasteiger partial charge in [0.25, 0.3) is 5.91 Å². The molecule has 1 aliphatic heterocycles. The van der Waals surface area contributed by atoms with Gasteiger partial charge >= 0.3 is 0 Å². The van der Waals surface area contributed by atoms with Gasteiger partial charge < -0.3 is 20.1 Å². The minimum absolute atomic E-state index is 0.172. The monoisotopic (exact) mass is 373 g/mol. The highest BCUT2D eigenvalue weighted by molar-refractivity contribution is 5.97. The first-order valence-electron chi connectivity index (χ1n) is 8.98. The normalized spacial score (nSPS) is 16.2. The van der Waals surface area contributed by atoms with Crippen LogP contribution >= 0.6 is 0 Å². The van der Waals surface area contributed by atoms with Crippen LogP contribution in [0.2, 0.25) is 0 Å². The summed E-state index contributed by atoms with van der Waals surface area (Å²) in [6.07, 6.45) is 2.68. The molecule has 0 bridgehead atoms. The van der Waals surface area contributed by atoms with E-state index in [9.17, 15) is 9.18 Å². The zero-order valence-electron chi connectivity index (χ0n) is 15.5. The molecule has 0 radical (unpaired) electrons. The summed E-state index contributed by atoms with van der Waals surface area (Å²) in [6.45, 7) is 4.46. The van der Waals surface area contributed by atoms with Gasteiger partial charge in [-0.2, -0.15) is 0 Å². The van der Waals surface area contributed by atoms with Crippen molar-refractivity contribution < 1.29 is 18.7 Å². The fourth-order valence-electron chi connectivity index (χ4n) is 3.06. The number of halogens is 1. The van der Waals surface area contributed by atoms with Gasteiger partial charge in [0.2, 0.25) is 5.88 Å². The SMILES string of the molecule is COc1ccc(CNC(=O)c2c(C)ccnc2OCC2CCNC2)cc1F. The molecule has 1 aromatic carbocycles.